The fraction of sp³-hybridized carbons (Fsp3) is 0.451. The third-order valence-corrected chi connectivity index (χ3v) is 21.4. The Morgan fingerprint density at radius 2 is 1.20 bits per heavy atom. The van der Waals surface area contributed by atoms with Gasteiger partial charge in [-0.1, -0.05) is 66.7 Å². The average Bonchev–Trinajstić information content (AvgIpc) is 3.72. The monoisotopic (exact) mass is 1030 g/mol. The second kappa shape index (κ2) is 24.0. The molecule has 0 bridgehead atoms. The van der Waals surface area contributed by atoms with Crippen LogP contribution in [0, 0.1) is 0 Å². The first-order chi connectivity index (χ1) is 33.2. The molecule has 1 aromatic heterocycles. The van der Waals surface area contributed by atoms with Crippen LogP contribution in [0.15, 0.2) is 120 Å². The Morgan fingerprint density at radius 3 is 1.61 bits per heavy atom. The number of benzene rings is 4. The van der Waals surface area contributed by atoms with Crippen molar-refractivity contribution in [3.8, 4) is 17.2 Å². The Kier molecular flexibility index (Phi) is 18.8. The van der Waals surface area contributed by atoms with Crippen LogP contribution in [0.3, 0.4) is 0 Å². The van der Waals surface area contributed by atoms with Gasteiger partial charge in [-0.05, 0) is 132 Å². The summed E-state index contributed by atoms with van der Waals surface area (Å²) in [6.45, 7) is 21.3. The molecule has 1 saturated heterocycles. The molecule has 0 spiro atoms. The molecule has 0 amide bonds. The Bertz CT molecular complexity index is 2320. The molecule has 4 aromatic carbocycles. The average molecular weight is 1030 g/mol. The van der Waals surface area contributed by atoms with Crippen molar-refractivity contribution in [1.29, 1.82) is 0 Å². The molecule has 19 heteroatoms. The van der Waals surface area contributed by atoms with Crippen LogP contribution < -0.4 is 25.2 Å². The van der Waals surface area contributed by atoms with Gasteiger partial charge in [-0.2, -0.15) is 4.98 Å². The quantitative estimate of drug-likeness (QED) is 0.0336. The Hall–Kier alpha value is -4.28. The lowest BCUT2D eigenvalue weighted by Crippen LogP contribution is -2.60. The van der Waals surface area contributed by atoms with Crippen LogP contribution in [0.1, 0.15) is 62.6 Å². The lowest BCUT2D eigenvalue weighted by atomic mass is 9.77. The Labute approximate surface area is 419 Å². The molecule has 1 aliphatic heterocycles. The highest BCUT2D eigenvalue weighted by atomic mass is 31.2. The second-order valence-corrected chi connectivity index (χ2v) is 32.7. The van der Waals surface area contributed by atoms with Crippen molar-refractivity contribution in [3.05, 3.63) is 148 Å². The normalized spacial score (nSPS) is 17.3. The number of methoxy groups -OCH3 is 3. The molecule has 380 valence electrons. The molecule has 2 heterocycles. The molecule has 0 aliphatic carbocycles. The van der Waals surface area contributed by atoms with Crippen molar-refractivity contribution in [2.24, 2.45) is 0 Å². The first-order valence-corrected chi connectivity index (χ1v) is 33.3. The fourth-order valence-electron chi connectivity index (χ4n) is 8.41. The number of nitrogens with one attached hydrogen (secondary N) is 1. The van der Waals surface area contributed by atoms with E-state index in [1.807, 2.05) is 103 Å². The minimum atomic E-state index is -3.85. The molecule has 0 saturated carbocycles. The summed E-state index contributed by atoms with van der Waals surface area (Å²) in [5, 5.41) is 3.71. The van der Waals surface area contributed by atoms with Gasteiger partial charge in [0, 0.05) is 31.8 Å². The van der Waals surface area contributed by atoms with E-state index in [0.717, 1.165) is 22.3 Å². The van der Waals surface area contributed by atoms with Crippen molar-refractivity contribution in [2.75, 3.05) is 40.4 Å². The highest BCUT2D eigenvalue weighted by Gasteiger charge is 2.53. The summed E-state index contributed by atoms with van der Waals surface area (Å²) in [6, 6.07) is 35.4. The summed E-state index contributed by atoms with van der Waals surface area (Å²) in [5.74, 6) is 2.43. The van der Waals surface area contributed by atoms with E-state index in [2.05, 4.69) is 77.0 Å². The van der Waals surface area contributed by atoms with Crippen LogP contribution in [-0.4, -0.2) is 99.2 Å². The summed E-state index contributed by atoms with van der Waals surface area (Å²) < 4.78 is 67.6. The van der Waals surface area contributed by atoms with Crippen molar-refractivity contribution in [3.63, 3.8) is 0 Å². The molecular formula is C51H73N4O11PSi3. The van der Waals surface area contributed by atoms with Crippen LogP contribution in [0.4, 0.5) is 5.82 Å². The van der Waals surface area contributed by atoms with Crippen molar-refractivity contribution in [2.45, 2.75) is 116 Å². The van der Waals surface area contributed by atoms with Gasteiger partial charge in [-0.25, -0.2) is 9.46 Å². The first kappa shape index (κ1) is 55.0. The van der Waals surface area contributed by atoms with Crippen LogP contribution in [0.5, 0.6) is 17.2 Å². The summed E-state index contributed by atoms with van der Waals surface area (Å²) in [6.07, 6.45) is -0.0353. The molecule has 0 radical (unpaired) electrons. The number of anilines is 1. The third-order valence-electron chi connectivity index (χ3n) is 11.4. The molecular weight excluding hydrogens is 960 g/mol. The van der Waals surface area contributed by atoms with Gasteiger partial charge in [0.05, 0.1) is 40.6 Å². The largest absolute Gasteiger partial charge is 0.658 e. The van der Waals surface area contributed by atoms with Crippen molar-refractivity contribution < 1.29 is 45.1 Å². The number of aromatic nitrogens is 2. The van der Waals surface area contributed by atoms with Crippen LogP contribution in [0.25, 0.3) is 0 Å². The Balaban J connectivity index is 1.39. The van der Waals surface area contributed by atoms with E-state index in [-0.39, 0.29) is 25.3 Å². The van der Waals surface area contributed by atoms with E-state index < -0.39 is 63.9 Å². The van der Waals surface area contributed by atoms with Gasteiger partial charge in [-0.15, -0.1) is 0 Å². The molecule has 1 N–H and O–H groups in total. The number of ether oxygens (including phenoxy) is 4. The minimum Gasteiger partial charge on any atom is -0.497 e. The predicted molar refractivity (Wildman–Crippen MR) is 282 cm³/mol. The van der Waals surface area contributed by atoms with Gasteiger partial charge < -0.3 is 50.4 Å². The van der Waals surface area contributed by atoms with Crippen LogP contribution in [-0.2, 0) is 43.0 Å². The maximum absolute atomic E-state index is 14.5. The molecule has 1 fully saturated rings. The van der Waals surface area contributed by atoms with Crippen molar-refractivity contribution >= 4 is 40.0 Å². The first-order valence-electron chi connectivity index (χ1n) is 23.7. The van der Waals surface area contributed by atoms with Gasteiger partial charge in [0.25, 0.3) is 8.53 Å². The van der Waals surface area contributed by atoms with E-state index in [9.17, 15) is 4.79 Å². The summed E-state index contributed by atoms with van der Waals surface area (Å²) in [5.41, 5.74) is 1.98. The lowest BCUT2D eigenvalue weighted by Gasteiger charge is -2.39. The zero-order chi connectivity index (χ0) is 50.9. The summed E-state index contributed by atoms with van der Waals surface area (Å²) >= 11 is 0. The standard InChI is InChI=1S/C51H73N4O11PSi3/c1-37(2)55(38(3)4)67(60-8)64-46-34-49(63-47(46)36-62-70(65-68(9,10)11,66-69(12,13)14)61-35-39-18-16-15-17-19-39)54-33-32-48(52-50(54)56)53-51(40-20-26-43(57-5)27-21-40,41-22-28-44(58-6)29-23-41)42-24-30-45(59-7)31-25-42/h15-33,37-38,46-47,49H,34-36H2,1-14H3,(H,52,53,56)/t46-,47+,49+,67?/m0/s1. The van der Waals surface area contributed by atoms with E-state index in [1.54, 1.807) is 40.7 Å². The number of rotatable bonds is 25. The molecule has 6 rings (SSSR count). The Morgan fingerprint density at radius 1 is 0.714 bits per heavy atom. The van der Waals surface area contributed by atoms with E-state index in [0.29, 0.717) is 29.5 Å². The molecule has 15 nitrogen and oxygen atoms in total. The molecule has 5 aromatic rings. The highest BCUT2D eigenvalue weighted by Crippen LogP contribution is 2.49. The van der Waals surface area contributed by atoms with Gasteiger partial charge in [0.15, 0.2) is 16.6 Å². The summed E-state index contributed by atoms with van der Waals surface area (Å²) in [4.78, 5) is 19.2. The zero-order valence-corrected chi connectivity index (χ0v) is 47.2. The molecule has 4 atom stereocenters. The maximum Gasteiger partial charge on any atom is 0.658 e. The predicted octanol–water partition coefficient (Wildman–Crippen LogP) is 10.7. The van der Waals surface area contributed by atoms with Gasteiger partial charge in [0.2, 0.25) is 0 Å². The van der Waals surface area contributed by atoms with Gasteiger partial charge in [-0.3, -0.25) is 4.57 Å². The third kappa shape index (κ3) is 14.0. The topological polar surface area (TPSA) is 142 Å². The van der Waals surface area contributed by atoms with Crippen LogP contribution in [0.2, 0.25) is 39.3 Å². The number of hydrogen-bond donors (Lipinski definition) is 1. The SMILES string of the molecule is COc1ccc(C(Nc2ccn([C@H]3C[C@H](OP(OC)N(C(C)C)C(C)C)[C@@H](CO[Si](OCc4ccccc4)(O[Si](C)(C)C)O[Si](C)(C)C)O3)c(=O)n2)(c2ccc(OC)cc2)c2ccc(OC)cc2)cc1. The molecule has 70 heavy (non-hydrogen) atoms. The smallest absolute Gasteiger partial charge is 0.497 e. The highest BCUT2D eigenvalue weighted by molar-refractivity contribution is 7.44. The minimum absolute atomic E-state index is 0.00328. The fourth-order valence-corrected chi connectivity index (χ4v) is 18.3. The summed E-state index contributed by atoms with van der Waals surface area (Å²) in [7, 11) is -3.52. The van der Waals surface area contributed by atoms with Crippen molar-refractivity contribution in [1.82, 2.24) is 14.2 Å². The van der Waals surface area contributed by atoms with E-state index >= 15 is 0 Å². The molecule has 1 unspecified atom stereocenters. The molecule has 1 aliphatic rings. The lowest BCUT2D eigenvalue weighted by molar-refractivity contribution is -0.0634. The van der Waals surface area contributed by atoms with E-state index in [1.165, 1.54) is 4.57 Å². The maximum atomic E-state index is 14.5. The van der Waals surface area contributed by atoms with Gasteiger partial charge >= 0.3 is 14.7 Å². The number of nitrogens with zero attached hydrogens (tertiary/aromatic N) is 3. The van der Waals surface area contributed by atoms with Crippen LogP contribution >= 0.6 is 8.53 Å². The zero-order valence-electron chi connectivity index (χ0n) is 43.3. The number of hydrogen-bond acceptors (Lipinski definition) is 14. The van der Waals surface area contributed by atoms with E-state index in [4.69, 9.17) is 50.1 Å². The second-order valence-electron chi connectivity index (χ2n) is 19.6. The van der Waals surface area contributed by atoms with Gasteiger partial charge in [0.1, 0.15) is 40.9 Å².